The first-order chi connectivity index (χ1) is 7.36. The maximum atomic E-state index is 5.82. The van der Waals surface area contributed by atoms with Gasteiger partial charge >= 0.3 is 0 Å². The zero-order valence-electron chi connectivity index (χ0n) is 9.52. The summed E-state index contributed by atoms with van der Waals surface area (Å²) in [5.74, 6) is 1.90. The molecule has 0 radical (unpaired) electrons. The van der Waals surface area contributed by atoms with Crippen LogP contribution in [0.2, 0.25) is 0 Å². The maximum absolute atomic E-state index is 5.82. The highest BCUT2D eigenvalue weighted by atomic mass is 15.1. The van der Waals surface area contributed by atoms with E-state index in [1.54, 1.807) is 0 Å². The lowest BCUT2D eigenvalue weighted by molar-refractivity contribution is 0.377. The summed E-state index contributed by atoms with van der Waals surface area (Å²) in [5, 5.41) is 0. The van der Waals surface area contributed by atoms with Crippen molar-refractivity contribution in [1.82, 2.24) is 9.55 Å². The second-order valence-electron chi connectivity index (χ2n) is 4.49. The van der Waals surface area contributed by atoms with Crippen LogP contribution < -0.4 is 5.73 Å². The van der Waals surface area contributed by atoms with E-state index >= 15 is 0 Å². The van der Waals surface area contributed by atoms with Gasteiger partial charge in [-0.3, -0.25) is 0 Å². The summed E-state index contributed by atoms with van der Waals surface area (Å²) in [6.07, 6.45) is 10.2. The molecule has 0 spiro atoms. The molecule has 1 fully saturated rings. The van der Waals surface area contributed by atoms with Crippen LogP contribution in [-0.2, 0) is 6.42 Å². The van der Waals surface area contributed by atoms with Gasteiger partial charge < -0.3 is 10.3 Å². The molecule has 0 amide bonds. The first kappa shape index (κ1) is 10.7. The van der Waals surface area contributed by atoms with Gasteiger partial charge in [0.05, 0.1) is 0 Å². The van der Waals surface area contributed by atoms with Gasteiger partial charge in [0.15, 0.2) is 0 Å². The van der Waals surface area contributed by atoms with Gasteiger partial charge in [-0.25, -0.2) is 4.98 Å². The predicted octanol–water partition coefficient (Wildman–Crippen LogP) is 2.14. The van der Waals surface area contributed by atoms with Gasteiger partial charge in [-0.15, -0.1) is 0 Å². The number of hydrogen-bond donors (Lipinski definition) is 1. The monoisotopic (exact) mass is 207 g/mol. The number of aromatic nitrogens is 2. The fourth-order valence-electron chi connectivity index (χ4n) is 2.72. The Morgan fingerprint density at radius 3 is 3.13 bits per heavy atom. The fraction of sp³-hybridized carbons (Fsp3) is 0.750. The number of hydrogen-bond acceptors (Lipinski definition) is 2. The van der Waals surface area contributed by atoms with Gasteiger partial charge in [0, 0.05) is 24.9 Å². The van der Waals surface area contributed by atoms with Crippen LogP contribution in [0.3, 0.4) is 0 Å². The molecule has 2 unspecified atom stereocenters. The molecule has 84 valence electrons. The Morgan fingerprint density at radius 2 is 2.40 bits per heavy atom. The van der Waals surface area contributed by atoms with E-state index in [1.165, 1.54) is 25.1 Å². The van der Waals surface area contributed by atoms with Gasteiger partial charge in [-0.2, -0.15) is 0 Å². The summed E-state index contributed by atoms with van der Waals surface area (Å²) in [6.45, 7) is 3.02. The van der Waals surface area contributed by atoms with Crippen LogP contribution in [0.5, 0.6) is 0 Å². The molecular formula is C12H21N3. The third-order valence-electron chi connectivity index (χ3n) is 3.50. The Bertz CT molecular complexity index is 306. The van der Waals surface area contributed by atoms with E-state index in [-0.39, 0.29) is 0 Å². The average molecular weight is 207 g/mol. The minimum absolute atomic E-state index is 0.610. The third-order valence-corrected chi connectivity index (χ3v) is 3.50. The summed E-state index contributed by atoms with van der Waals surface area (Å²) in [5.41, 5.74) is 5.82. The molecular weight excluding hydrogens is 186 g/mol. The van der Waals surface area contributed by atoms with Crippen molar-refractivity contribution in [2.24, 2.45) is 11.7 Å². The van der Waals surface area contributed by atoms with Crippen molar-refractivity contribution in [2.75, 3.05) is 6.54 Å². The second kappa shape index (κ2) is 4.79. The maximum Gasteiger partial charge on any atom is 0.108 e. The molecule has 3 nitrogen and oxygen atoms in total. The van der Waals surface area contributed by atoms with Crippen LogP contribution in [0.1, 0.15) is 44.5 Å². The van der Waals surface area contributed by atoms with Crippen molar-refractivity contribution in [3.63, 3.8) is 0 Å². The van der Waals surface area contributed by atoms with Crippen molar-refractivity contribution < 1.29 is 0 Å². The highest BCUT2D eigenvalue weighted by molar-refractivity contribution is 4.98. The summed E-state index contributed by atoms with van der Waals surface area (Å²) >= 11 is 0. The smallest absolute Gasteiger partial charge is 0.108 e. The molecule has 1 aromatic heterocycles. The number of imidazole rings is 1. The number of nitrogens with two attached hydrogens (primary N) is 1. The van der Waals surface area contributed by atoms with E-state index in [0.717, 1.165) is 19.4 Å². The highest BCUT2D eigenvalue weighted by Gasteiger charge is 2.28. The van der Waals surface area contributed by atoms with Gasteiger partial charge in [-0.05, 0) is 31.7 Å². The Hall–Kier alpha value is -0.830. The van der Waals surface area contributed by atoms with E-state index in [9.17, 15) is 0 Å². The molecule has 1 aliphatic carbocycles. The molecule has 0 aromatic carbocycles. The van der Waals surface area contributed by atoms with Crippen LogP contribution in [0.15, 0.2) is 12.4 Å². The summed E-state index contributed by atoms with van der Waals surface area (Å²) in [7, 11) is 0. The standard InChI is InChI=1S/C12H21N3/c1-2-4-12-14-7-8-15(12)11-6-3-5-10(11)9-13/h7-8,10-11H,2-6,9,13H2,1H3. The first-order valence-electron chi connectivity index (χ1n) is 6.08. The zero-order valence-corrected chi connectivity index (χ0v) is 9.52. The largest absolute Gasteiger partial charge is 0.332 e. The molecule has 1 aliphatic rings. The molecule has 1 heterocycles. The number of nitrogens with zero attached hydrogens (tertiary/aromatic N) is 2. The molecule has 1 aromatic rings. The van der Waals surface area contributed by atoms with Crippen molar-refractivity contribution in [1.29, 1.82) is 0 Å². The van der Waals surface area contributed by atoms with Gasteiger partial charge in [0.2, 0.25) is 0 Å². The third kappa shape index (κ3) is 2.07. The van der Waals surface area contributed by atoms with E-state index in [4.69, 9.17) is 5.73 Å². The van der Waals surface area contributed by atoms with E-state index in [0.29, 0.717) is 12.0 Å². The van der Waals surface area contributed by atoms with E-state index in [1.807, 2.05) is 6.20 Å². The lowest BCUT2D eigenvalue weighted by Crippen LogP contribution is -2.22. The Kier molecular flexibility index (Phi) is 3.41. The molecule has 0 saturated heterocycles. The number of aryl methyl sites for hydroxylation is 1. The molecule has 3 heteroatoms. The van der Waals surface area contributed by atoms with Crippen LogP contribution in [0.25, 0.3) is 0 Å². The van der Waals surface area contributed by atoms with Gasteiger partial charge in [-0.1, -0.05) is 13.3 Å². The molecule has 15 heavy (non-hydrogen) atoms. The fourth-order valence-corrected chi connectivity index (χ4v) is 2.72. The topological polar surface area (TPSA) is 43.8 Å². The highest BCUT2D eigenvalue weighted by Crippen LogP contribution is 2.35. The van der Waals surface area contributed by atoms with Crippen molar-refractivity contribution in [3.8, 4) is 0 Å². The second-order valence-corrected chi connectivity index (χ2v) is 4.49. The minimum atomic E-state index is 0.610. The summed E-state index contributed by atoms with van der Waals surface area (Å²) in [4.78, 5) is 4.44. The molecule has 0 aliphatic heterocycles. The van der Waals surface area contributed by atoms with Gasteiger partial charge in [0.1, 0.15) is 5.82 Å². The molecule has 2 atom stereocenters. The first-order valence-corrected chi connectivity index (χ1v) is 6.08. The van der Waals surface area contributed by atoms with Crippen LogP contribution in [-0.4, -0.2) is 16.1 Å². The van der Waals surface area contributed by atoms with Crippen LogP contribution >= 0.6 is 0 Å². The van der Waals surface area contributed by atoms with E-state index < -0.39 is 0 Å². The van der Waals surface area contributed by atoms with Gasteiger partial charge in [0.25, 0.3) is 0 Å². The normalized spacial score (nSPS) is 26.0. The lowest BCUT2D eigenvalue weighted by Gasteiger charge is -2.21. The summed E-state index contributed by atoms with van der Waals surface area (Å²) < 4.78 is 2.37. The lowest BCUT2D eigenvalue weighted by atomic mass is 10.0. The average Bonchev–Trinajstić information content (AvgIpc) is 2.84. The Balaban J connectivity index is 2.16. The predicted molar refractivity (Wildman–Crippen MR) is 61.7 cm³/mol. The molecule has 2 N–H and O–H groups in total. The van der Waals surface area contributed by atoms with Crippen molar-refractivity contribution in [2.45, 2.75) is 45.1 Å². The van der Waals surface area contributed by atoms with Crippen LogP contribution in [0.4, 0.5) is 0 Å². The van der Waals surface area contributed by atoms with E-state index in [2.05, 4.69) is 22.7 Å². The molecule has 1 saturated carbocycles. The van der Waals surface area contributed by atoms with Crippen molar-refractivity contribution >= 4 is 0 Å². The Labute approximate surface area is 91.7 Å². The molecule has 2 rings (SSSR count). The zero-order chi connectivity index (χ0) is 10.7. The SMILES string of the molecule is CCCc1nccn1C1CCCC1CN. The quantitative estimate of drug-likeness (QED) is 0.822. The number of rotatable bonds is 4. The minimum Gasteiger partial charge on any atom is -0.332 e. The van der Waals surface area contributed by atoms with Crippen molar-refractivity contribution in [3.05, 3.63) is 18.2 Å². The Morgan fingerprint density at radius 1 is 1.53 bits per heavy atom. The summed E-state index contributed by atoms with van der Waals surface area (Å²) in [6, 6.07) is 0.610. The molecule has 0 bridgehead atoms. The van der Waals surface area contributed by atoms with Crippen LogP contribution in [0, 0.1) is 5.92 Å².